The van der Waals surface area contributed by atoms with Crippen molar-refractivity contribution in [2.45, 2.75) is 26.1 Å². The summed E-state index contributed by atoms with van der Waals surface area (Å²) < 4.78 is 1.79. The summed E-state index contributed by atoms with van der Waals surface area (Å²) in [6.45, 7) is 4.36. The lowest BCUT2D eigenvalue weighted by molar-refractivity contribution is 0.587. The first-order valence-electron chi connectivity index (χ1n) is 9.79. The minimum Gasteiger partial charge on any atom is -0.403 e. The van der Waals surface area contributed by atoms with Gasteiger partial charge in [-0.3, -0.25) is 4.68 Å². The molecule has 1 unspecified atom stereocenters. The van der Waals surface area contributed by atoms with E-state index in [1.165, 1.54) is 11.9 Å². The van der Waals surface area contributed by atoms with E-state index in [2.05, 4.69) is 70.1 Å². The van der Waals surface area contributed by atoms with Crippen LogP contribution in [0.1, 0.15) is 18.1 Å². The minimum atomic E-state index is 0.164. The highest BCUT2D eigenvalue weighted by Gasteiger charge is 2.10. The van der Waals surface area contributed by atoms with Crippen LogP contribution in [0.5, 0.6) is 0 Å². The molecule has 0 saturated heterocycles. The number of benzene rings is 2. The molecule has 1 atom stereocenters. The van der Waals surface area contributed by atoms with Gasteiger partial charge in [0.05, 0.1) is 12.2 Å². The van der Waals surface area contributed by atoms with E-state index >= 15 is 0 Å². The number of allylic oxidation sites excluding steroid dienone is 1. The predicted molar refractivity (Wildman–Crippen MR) is 117 cm³/mol. The molecule has 0 fully saturated rings. The quantitative estimate of drug-likeness (QED) is 0.465. The summed E-state index contributed by atoms with van der Waals surface area (Å²) in [5, 5.41) is 11.1. The van der Waals surface area contributed by atoms with Gasteiger partial charge in [-0.2, -0.15) is 5.10 Å². The Morgan fingerprint density at radius 3 is 2.48 bits per heavy atom. The van der Waals surface area contributed by atoms with Crippen LogP contribution in [0, 0.1) is 0 Å². The third-order valence-corrected chi connectivity index (χ3v) is 4.55. The van der Waals surface area contributed by atoms with Crippen molar-refractivity contribution in [1.29, 1.82) is 0 Å². The smallest absolute Gasteiger partial charge is 0.137 e. The van der Waals surface area contributed by atoms with E-state index in [1.807, 2.05) is 24.3 Å². The number of nitrogens with two attached hydrogens (primary N) is 1. The van der Waals surface area contributed by atoms with Gasteiger partial charge in [0, 0.05) is 30.9 Å². The summed E-state index contributed by atoms with van der Waals surface area (Å²) in [5.74, 6) is 0. The van der Waals surface area contributed by atoms with Crippen LogP contribution in [0.4, 0.5) is 0 Å². The fraction of sp³-hybridized carbons (Fsp3) is 0.217. The Balaban J connectivity index is 1.71. The van der Waals surface area contributed by atoms with Gasteiger partial charge in [-0.05, 0) is 18.1 Å². The van der Waals surface area contributed by atoms with E-state index in [4.69, 9.17) is 5.73 Å². The molecule has 1 aromatic heterocycles. The number of nitrogens with one attached hydrogen (secondary N) is 2. The number of rotatable bonds is 10. The fourth-order valence-electron chi connectivity index (χ4n) is 3.04. The predicted octanol–water partition coefficient (Wildman–Crippen LogP) is 2.93. The number of aromatic nitrogens is 3. The zero-order valence-corrected chi connectivity index (χ0v) is 16.7. The van der Waals surface area contributed by atoms with Gasteiger partial charge in [-0.15, -0.1) is 0 Å². The largest absolute Gasteiger partial charge is 0.403 e. The molecule has 0 aliphatic carbocycles. The number of hydrogen-bond acceptors (Lipinski definition) is 5. The molecule has 0 aliphatic rings. The second-order valence-electron chi connectivity index (χ2n) is 6.77. The third kappa shape index (κ3) is 6.33. The van der Waals surface area contributed by atoms with Crippen LogP contribution in [-0.4, -0.2) is 27.4 Å². The zero-order valence-electron chi connectivity index (χ0n) is 16.7. The van der Waals surface area contributed by atoms with Crippen LogP contribution in [0.25, 0.3) is 5.57 Å². The molecule has 2 aromatic carbocycles. The van der Waals surface area contributed by atoms with Crippen molar-refractivity contribution in [2.24, 2.45) is 5.73 Å². The third-order valence-electron chi connectivity index (χ3n) is 4.55. The molecule has 150 valence electrons. The van der Waals surface area contributed by atoms with Crippen molar-refractivity contribution in [2.75, 3.05) is 6.54 Å². The van der Waals surface area contributed by atoms with Crippen molar-refractivity contribution >= 4 is 5.57 Å². The van der Waals surface area contributed by atoms with E-state index < -0.39 is 0 Å². The van der Waals surface area contributed by atoms with Crippen molar-refractivity contribution in [1.82, 2.24) is 25.4 Å². The Morgan fingerprint density at radius 2 is 1.83 bits per heavy atom. The first kappa shape index (κ1) is 20.4. The average Bonchev–Trinajstić information content (AvgIpc) is 3.29. The van der Waals surface area contributed by atoms with Crippen LogP contribution in [-0.2, 0) is 13.1 Å². The van der Waals surface area contributed by atoms with E-state index in [0.717, 1.165) is 23.4 Å². The van der Waals surface area contributed by atoms with Gasteiger partial charge in [-0.25, -0.2) is 4.98 Å². The second kappa shape index (κ2) is 10.8. The molecule has 29 heavy (non-hydrogen) atoms. The van der Waals surface area contributed by atoms with Crippen LogP contribution in [0.2, 0.25) is 0 Å². The molecule has 6 nitrogen and oxygen atoms in total. The van der Waals surface area contributed by atoms with E-state index in [-0.39, 0.29) is 6.04 Å². The van der Waals surface area contributed by atoms with Crippen LogP contribution in [0.15, 0.2) is 91.3 Å². The summed E-state index contributed by atoms with van der Waals surface area (Å²) in [6, 6.07) is 20.8. The molecular weight excluding hydrogens is 360 g/mol. The molecule has 0 saturated carbocycles. The molecule has 0 bridgehead atoms. The molecule has 0 amide bonds. The molecule has 1 heterocycles. The van der Waals surface area contributed by atoms with Gasteiger partial charge < -0.3 is 16.4 Å². The van der Waals surface area contributed by atoms with Gasteiger partial charge in [0.2, 0.25) is 0 Å². The van der Waals surface area contributed by atoms with Crippen LogP contribution >= 0.6 is 0 Å². The van der Waals surface area contributed by atoms with E-state index in [0.29, 0.717) is 13.1 Å². The SMILES string of the molecule is CC(/C=C(\C(=C/N)NCCn1cncn1)c1ccccc1)NCc1ccccc1. The van der Waals surface area contributed by atoms with Crippen molar-refractivity contribution < 1.29 is 0 Å². The Morgan fingerprint density at radius 1 is 1.10 bits per heavy atom. The Bertz CT molecular complexity index is 901. The van der Waals surface area contributed by atoms with E-state index in [1.54, 1.807) is 17.2 Å². The summed E-state index contributed by atoms with van der Waals surface area (Å²) in [5.41, 5.74) is 10.3. The molecule has 0 spiro atoms. The maximum Gasteiger partial charge on any atom is 0.137 e. The Hall–Kier alpha value is -3.38. The molecule has 0 radical (unpaired) electrons. The van der Waals surface area contributed by atoms with Crippen LogP contribution < -0.4 is 16.4 Å². The van der Waals surface area contributed by atoms with E-state index in [9.17, 15) is 0 Å². The molecule has 0 aliphatic heterocycles. The van der Waals surface area contributed by atoms with Gasteiger partial charge in [0.1, 0.15) is 12.7 Å². The first-order chi connectivity index (χ1) is 14.3. The van der Waals surface area contributed by atoms with Gasteiger partial charge in [-0.1, -0.05) is 66.7 Å². The topological polar surface area (TPSA) is 80.8 Å². The lowest BCUT2D eigenvalue weighted by atomic mass is 10.0. The highest BCUT2D eigenvalue weighted by Crippen LogP contribution is 2.21. The van der Waals surface area contributed by atoms with Gasteiger partial charge >= 0.3 is 0 Å². The number of nitrogens with zero attached hydrogens (tertiary/aromatic N) is 3. The maximum atomic E-state index is 5.99. The number of hydrogen-bond donors (Lipinski definition) is 3. The standard InChI is InChI=1S/C23H28N6/c1-19(27-16-20-8-4-2-5-9-20)14-22(21-10-6-3-7-11-21)23(15-24)26-12-13-29-18-25-17-28-29/h2-11,14-15,17-19,26-27H,12-13,16,24H2,1H3/b22-14-,23-15+. The molecule has 3 rings (SSSR count). The molecule has 3 aromatic rings. The summed E-state index contributed by atoms with van der Waals surface area (Å²) >= 11 is 0. The lowest BCUT2D eigenvalue weighted by Gasteiger charge is -2.18. The lowest BCUT2D eigenvalue weighted by Crippen LogP contribution is -2.26. The average molecular weight is 389 g/mol. The summed E-state index contributed by atoms with van der Waals surface area (Å²) in [4.78, 5) is 3.97. The highest BCUT2D eigenvalue weighted by atomic mass is 15.3. The van der Waals surface area contributed by atoms with Crippen molar-refractivity contribution in [3.8, 4) is 0 Å². The van der Waals surface area contributed by atoms with Crippen LogP contribution in [0.3, 0.4) is 0 Å². The first-order valence-corrected chi connectivity index (χ1v) is 9.79. The molecule has 6 heteroatoms. The zero-order chi connectivity index (χ0) is 20.3. The Labute approximate surface area is 172 Å². The Kier molecular flexibility index (Phi) is 7.60. The monoisotopic (exact) mass is 388 g/mol. The van der Waals surface area contributed by atoms with Gasteiger partial charge in [0.25, 0.3) is 0 Å². The maximum absolute atomic E-state index is 5.99. The second-order valence-corrected chi connectivity index (χ2v) is 6.77. The fourth-order valence-corrected chi connectivity index (χ4v) is 3.04. The molecule has 4 N–H and O–H groups in total. The van der Waals surface area contributed by atoms with Crippen molar-refractivity contribution in [3.63, 3.8) is 0 Å². The van der Waals surface area contributed by atoms with Crippen molar-refractivity contribution in [3.05, 3.63) is 102 Å². The highest BCUT2D eigenvalue weighted by molar-refractivity contribution is 5.78. The molecular formula is C23H28N6. The minimum absolute atomic E-state index is 0.164. The van der Waals surface area contributed by atoms with Gasteiger partial charge in [0.15, 0.2) is 0 Å². The normalized spacial score (nSPS) is 13.3. The summed E-state index contributed by atoms with van der Waals surface area (Å²) in [6.07, 6.45) is 7.08. The summed E-state index contributed by atoms with van der Waals surface area (Å²) in [7, 11) is 0.